The van der Waals surface area contributed by atoms with E-state index in [2.05, 4.69) is 4.74 Å². The zero-order valence-electron chi connectivity index (χ0n) is 7.63. The summed E-state index contributed by atoms with van der Waals surface area (Å²) in [6.07, 6.45) is -5.07. The minimum absolute atomic E-state index is 0.243. The Hall–Kier alpha value is -1.72. The van der Waals surface area contributed by atoms with E-state index < -0.39 is 23.6 Å². The fourth-order valence-corrected chi connectivity index (χ4v) is 0.920. The van der Waals surface area contributed by atoms with Gasteiger partial charge in [-0.05, 0) is 18.6 Å². The number of hydrogen-bond donors (Lipinski definition) is 1. The van der Waals surface area contributed by atoms with E-state index in [1.54, 1.807) is 0 Å². The number of benzene rings is 1. The summed E-state index contributed by atoms with van der Waals surface area (Å²) in [5.41, 5.74) is 0.243. The van der Waals surface area contributed by atoms with Crippen LogP contribution < -0.4 is 4.74 Å². The van der Waals surface area contributed by atoms with Crippen molar-refractivity contribution in [2.75, 3.05) is 0 Å². The van der Waals surface area contributed by atoms with Gasteiger partial charge in [0.05, 0.1) is 0 Å². The molecule has 0 radical (unpaired) electrons. The summed E-state index contributed by atoms with van der Waals surface area (Å²) in [4.78, 5) is 10.5. The maximum Gasteiger partial charge on any atom is 0.491 e. The molecule has 0 aromatic heterocycles. The highest BCUT2D eigenvalue weighted by atomic mass is 19.4. The number of aryl methyl sites for hydroxylation is 1. The first-order valence-electron chi connectivity index (χ1n) is 3.90. The molecule has 0 heterocycles. The second-order valence-electron chi connectivity index (χ2n) is 2.81. The lowest BCUT2D eigenvalue weighted by molar-refractivity contribution is -0.189. The molecule has 3 nitrogen and oxygen atoms in total. The molecule has 0 spiro atoms. The molecular formula is C9H7F3O3. The van der Waals surface area contributed by atoms with Gasteiger partial charge in [0, 0.05) is 0 Å². The summed E-state index contributed by atoms with van der Waals surface area (Å²) >= 11 is 0. The zero-order chi connectivity index (χ0) is 11.6. The zero-order valence-corrected chi connectivity index (χ0v) is 7.63. The summed E-state index contributed by atoms with van der Waals surface area (Å²) in [6, 6.07) is 3.97. The van der Waals surface area contributed by atoms with Crippen LogP contribution in [0.25, 0.3) is 0 Å². The van der Waals surface area contributed by atoms with Gasteiger partial charge in [-0.15, -0.1) is 0 Å². The van der Waals surface area contributed by atoms with E-state index in [4.69, 9.17) is 5.11 Å². The molecule has 6 heteroatoms. The SMILES string of the molecule is Cc1cccc(O)c1OC(=O)C(F)(F)F. The molecule has 1 aromatic rings. The lowest BCUT2D eigenvalue weighted by Gasteiger charge is -2.10. The molecule has 0 unspecified atom stereocenters. The van der Waals surface area contributed by atoms with Gasteiger partial charge in [0.15, 0.2) is 11.5 Å². The van der Waals surface area contributed by atoms with Crippen molar-refractivity contribution in [3.63, 3.8) is 0 Å². The second-order valence-corrected chi connectivity index (χ2v) is 2.81. The Morgan fingerprint density at radius 2 is 2.00 bits per heavy atom. The Balaban J connectivity index is 2.95. The third-order valence-corrected chi connectivity index (χ3v) is 1.62. The van der Waals surface area contributed by atoms with Crippen LogP contribution in [-0.4, -0.2) is 17.3 Å². The molecule has 0 aliphatic rings. The quantitative estimate of drug-likeness (QED) is 0.582. The van der Waals surface area contributed by atoms with Crippen LogP contribution in [-0.2, 0) is 4.79 Å². The van der Waals surface area contributed by atoms with E-state index in [0.717, 1.165) is 6.07 Å². The van der Waals surface area contributed by atoms with Crippen molar-refractivity contribution in [1.29, 1.82) is 0 Å². The molecule has 1 aromatic carbocycles. The monoisotopic (exact) mass is 220 g/mol. The number of aromatic hydroxyl groups is 1. The number of phenolic OH excluding ortho intramolecular Hbond substituents is 1. The van der Waals surface area contributed by atoms with Crippen LogP contribution in [0.15, 0.2) is 18.2 Å². The molecular weight excluding hydrogens is 213 g/mol. The molecule has 0 aliphatic carbocycles. The summed E-state index contributed by atoms with van der Waals surface area (Å²) < 4.78 is 39.6. The highest BCUT2D eigenvalue weighted by Gasteiger charge is 2.41. The van der Waals surface area contributed by atoms with Crippen LogP contribution in [0.4, 0.5) is 13.2 Å². The van der Waals surface area contributed by atoms with Crippen molar-refractivity contribution in [2.24, 2.45) is 0 Å². The topological polar surface area (TPSA) is 46.5 Å². The van der Waals surface area contributed by atoms with Crippen LogP contribution in [0.1, 0.15) is 5.56 Å². The largest absolute Gasteiger partial charge is 0.504 e. The first kappa shape index (κ1) is 11.4. The van der Waals surface area contributed by atoms with Crippen molar-refractivity contribution in [2.45, 2.75) is 13.1 Å². The van der Waals surface area contributed by atoms with Gasteiger partial charge in [0.25, 0.3) is 0 Å². The van der Waals surface area contributed by atoms with E-state index in [1.807, 2.05) is 0 Å². The predicted molar refractivity (Wildman–Crippen MR) is 44.5 cm³/mol. The average molecular weight is 220 g/mol. The van der Waals surface area contributed by atoms with Gasteiger partial charge < -0.3 is 9.84 Å². The lowest BCUT2D eigenvalue weighted by Crippen LogP contribution is -2.28. The van der Waals surface area contributed by atoms with Gasteiger partial charge in [-0.2, -0.15) is 13.2 Å². The fourth-order valence-electron chi connectivity index (χ4n) is 0.920. The molecule has 82 valence electrons. The summed E-state index contributed by atoms with van der Waals surface area (Å²) in [5, 5.41) is 9.16. The second kappa shape index (κ2) is 3.80. The van der Waals surface area contributed by atoms with Crippen LogP contribution >= 0.6 is 0 Å². The maximum absolute atomic E-state index is 11.8. The summed E-state index contributed by atoms with van der Waals surface area (Å²) in [7, 11) is 0. The van der Waals surface area contributed by atoms with Gasteiger partial charge in [-0.1, -0.05) is 12.1 Å². The Bertz CT molecular complexity index is 364. The number of alkyl halides is 3. The summed E-state index contributed by atoms with van der Waals surface area (Å²) in [6.45, 7) is 1.42. The first-order chi connectivity index (χ1) is 6.82. The fraction of sp³-hybridized carbons (Fsp3) is 0.222. The Morgan fingerprint density at radius 3 is 2.47 bits per heavy atom. The van der Waals surface area contributed by atoms with Gasteiger partial charge in [-0.3, -0.25) is 0 Å². The third-order valence-electron chi connectivity index (χ3n) is 1.62. The maximum atomic E-state index is 11.8. The number of carbonyl (C=O) groups is 1. The van der Waals surface area contributed by atoms with Gasteiger partial charge in [0.1, 0.15) is 0 Å². The number of halogens is 3. The Kier molecular flexibility index (Phi) is 2.88. The Labute approximate surface area is 83.1 Å². The van der Waals surface area contributed by atoms with Crippen molar-refractivity contribution >= 4 is 5.97 Å². The Morgan fingerprint density at radius 1 is 1.40 bits per heavy atom. The van der Waals surface area contributed by atoms with Crippen LogP contribution in [0.5, 0.6) is 11.5 Å². The molecule has 15 heavy (non-hydrogen) atoms. The third kappa shape index (κ3) is 2.61. The van der Waals surface area contributed by atoms with E-state index >= 15 is 0 Å². The lowest BCUT2D eigenvalue weighted by atomic mass is 10.2. The number of ether oxygens (including phenoxy) is 1. The summed E-state index contributed by atoms with van der Waals surface area (Å²) in [5.74, 6) is -3.33. The standard InChI is InChI=1S/C9H7F3O3/c1-5-3-2-4-6(13)7(5)15-8(14)9(10,11)12/h2-4,13H,1H3. The van der Waals surface area contributed by atoms with Gasteiger partial charge in [-0.25, -0.2) is 4.79 Å². The van der Waals surface area contributed by atoms with E-state index in [0.29, 0.717) is 0 Å². The highest BCUT2D eigenvalue weighted by Crippen LogP contribution is 2.31. The van der Waals surface area contributed by atoms with Crippen molar-refractivity contribution in [3.05, 3.63) is 23.8 Å². The van der Waals surface area contributed by atoms with Crippen LogP contribution in [0.2, 0.25) is 0 Å². The van der Waals surface area contributed by atoms with E-state index in [-0.39, 0.29) is 5.56 Å². The number of para-hydroxylation sites is 1. The number of esters is 1. The van der Waals surface area contributed by atoms with Crippen LogP contribution in [0, 0.1) is 6.92 Å². The van der Waals surface area contributed by atoms with Crippen molar-refractivity contribution in [3.8, 4) is 11.5 Å². The van der Waals surface area contributed by atoms with E-state index in [9.17, 15) is 18.0 Å². The number of rotatable bonds is 1. The van der Waals surface area contributed by atoms with Gasteiger partial charge >= 0.3 is 12.1 Å². The minimum Gasteiger partial charge on any atom is -0.504 e. The molecule has 0 atom stereocenters. The normalized spacial score (nSPS) is 11.2. The molecule has 0 amide bonds. The molecule has 0 saturated carbocycles. The molecule has 0 bridgehead atoms. The molecule has 0 aliphatic heterocycles. The van der Waals surface area contributed by atoms with Crippen LogP contribution in [0.3, 0.4) is 0 Å². The first-order valence-corrected chi connectivity index (χ1v) is 3.90. The molecule has 1 N–H and O–H groups in total. The van der Waals surface area contributed by atoms with Crippen molar-refractivity contribution in [1.82, 2.24) is 0 Å². The van der Waals surface area contributed by atoms with Crippen molar-refractivity contribution < 1.29 is 27.8 Å². The van der Waals surface area contributed by atoms with Gasteiger partial charge in [0.2, 0.25) is 0 Å². The smallest absolute Gasteiger partial charge is 0.491 e. The number of carbonyl (C=O) groups excluding carboxylic acids is 1. The van der Waals surface area contributed by atoms with E-state index in [1.165, 1.54) is 19.1 Å². The number of phenols is 1. The molecule has 1 rings (SSSR count). The predicted octanol–water partition coefficient (Wildman–Crippen LogP) is 2.17. The average Bonchev–Trinajstić information content (AvgIpc) is 2.09. The molecule has 0 fully saturated rings. The number of hydrogen-bond acceptors (Lipinski definition) is 3. The highest BCUT2D eigenvalue weighted by molar-refractivity contribution is 5.79. The minimum atomic E-state index is -5.07. The molecule has 0 saturated heterocycles.